The van der Waals surface area contributed by atoms with Gasteiger partial charge in [-0.1, -0.05) is 188 Å². The maximum absolute atomic E-state index is 2.67. The first-order chi connectivity index (χ1) is 34.3. The van der Waals surface area contributed by atoms with E-state index in [9.17, 15) is 0 Å². The van der Waals surface area contributed by atoms with E-state index in [1.807, 2.05) is 0 Å². The number of fused-ring (bicyclic) bond motifs is 31. The molecule has 0 N–H and O–H groups in total. The summed E-state index contributed by atoms with van der Waals surface area (Å²) >= 11 is 0. The Morgan fingerprint density at radius 2 is 0.594 bits per heavy atom. The number of hydrogen-bond donors (Lipinski definition) is 0. The van der Waals surface area contributed by atoms with Crippen molar-refractivity contribution in [1.82, 2.24) is 9.13 Å². The number of para-hydroxylation sites is 1. The molecule has 0 fully saturated rings. The van der Waals surface area contributed by atoms with Crippen LogP contribution in [0.25, 0.3) is 152 Å². The average Bonchev–Trinajstić information content (AvgIpc) is 3.96. The van der Waals surface area contributed by atoms with Crippen LogP contribution < -0.4 is 16.4 Å². The van der Waals surface area contributed by atoms with E-state index in [0.29, 0.717) is 0 Å². The van der Waals surface area contributed by atoms with E-state index in [0.717, 1.165) is 0 Å². The summed E-state index contributed by atoms with van der Waals surface area (Å²) in [5, 5.41) is 28.9. The average molecular weight is 867 g/mol. The third kappa shape index (κ3) is 4.01. The predicted octanol–water partition coefficient (Wildman–Crippen LogP) is 15.4. The molecule has 2 aromatic heterocycles. The topological polar surface area (TPSA) is 9.86 Å². The second-order valence-electron chi connectivity index (χ2n) is 19.7. The Labute approximate surface area is 394 Å². The Hall–Kier alpha value is -8.92. The Bertz CT molecular complexity index is 5080. The minimum atomic E-state index is -0.00154. The van der Waals surface area contributed by atoms with Gasteiger partial charge < -0.3 is 9.13 Å². The summed E-state index contributed by atoms with van der Waals surface area (Å²) in [4.78, 5) is 0. The summed E-state index contributed by atoms with van der Waals surface area (Å²) in [6.07, 6.45) is 0. The van der Waals surface area contributed by atoms with Crippen molar-refractivity contribution in [3.63, 3.8) is 0 Å². The maximum atomic E-state index is 2.67. The zero-order chi connectivity index (χ0) is 44.4. The lowest BCUT2D eigenvalue weighted by Gasteiger charge is -2.34. The molecule has 18 rings (SSSR count). The highest BCUT2D eigenvalue weighted by molar-refractivity contribution is 7.00. The predicted molar refractivity (Wildman–Crippen MR) is 297 cm³/mol. The molecule has 0 atom stereocenters. The minimum Gasteiger partial charge on any atom is -0.310 e. The molecular formula is C66H35BN2. The maximum Gasteiger partial charge on any atom is 0.252 e. The van der Waals surface area contributed by atoms with Crippen LogP contribution >= 0.6 is 0 Å². The van der Waals surface area contributed by atoms with E-state index in [1.165, 1.54) is 168 Å². The van der Waals surface area contributed by atoms with Gasteiger partial charge in [0, 0.05) is 54.6 Å². The van der Waals surface area contributed by atoms with Crippen molar-refractivity contribution in [2.45, 2.75) is 0 Å². The second-order valence-corrected chi connectivity index (χ2v) is 19.7. The molecule has 69 heavy (non-hydrogen) atoms. The molecule has 312 valence electrons. The monoisotopic (exact) mass is 866 g/mol. The third-order valence-corrected chi connectivity index (χ3v) is 16.8. The minimum absolute atomic E-state index is 0.00154. The summed E-state index contributed by atoms with van der Waals surface area (Å²) in [6.45, 7) is -0.00154. The van der Waals surface area contributed by atoms with Crippen LogP contribution in [0.4, 0.5) is 0 Å². The highest BCUT2D eigenvalue weighted by Gasteiger charge is 2.42. The van der Waals surface area contributed by atoms with Gasteiger partial charge in [-0.3, -0.25) is 0 Å². The lowest BCUT2D eigenvalue weighted by Crippen LogP contribution is -2.59. The molecule has 0 aliphatic carbocycles. The summed E-state index contributed by atoms with van der Waals surface area (Å²) < 4.78 is 5.31. The quantitative estimate of drug-likeness (QED) is 0.106. The van der Waals surface area contributed by atoms with Crippen LogP contribution in [0.5, 0.6) is 0 Å². The van der Waals surface area contributed by atoms with Crippen molar-refractivity contribution < 1.29 is 0 Å². The smallest absolute Gasteiger partial charge is 0.252 e. The van der Waals surface area contributed by atoms with Crippen LogP contribution in [-0.4, -0.2) is 15.8 Å². The Morgan fingerprint density at radius 3 is 1.10 bits per heavy atom. The molecule has 3 heteroatoms. The summed E-state index contributed by atoms with van der Waals surface area (Å²) in [5.41, 5.74) is 11.8. The first-order valence-corrected chi connectivity index (χ1v) is 24.3. The van der Waals surface area contributed by atoms with E-state index >= 15 is 0 Å². The van der Waals surface area contributed by atoms with Crippen molar-refractivity contribution >= 4 is 164 Å². The van der Waals surface area contributed by atoms with Crippen LogP contribution in [0.2, 0.25) is 0 Å². The van der Waals surface area contributed by atoms with Crippen LogP contribution in [0.1, 0.15) is 0 Å². The van der Waals surface area contributed by atoms with E-state index in [4.69, 9.17) is 0 Å². The van der Waals surface area contributed by atoms with E-state index < -0.39 is 0 Å². The van der Waals surface area contributed by atoms with Gasteiger partial charge in [-0.25, -0.2) is 0 Å². The van der Waals surface area contributed by atoms with Crippen LogP contribution in [0.15, 0.2) is 212 Å². The zero-order valence-corrected chi connectivity index (χ0v) is 37.2. The number of rotatable bonds is 0. The number of aromatic nitrogens is 2. The summed E-state index contributed by atoms with van der Waals surface area (Å²) in [5.74, 6) is 0. The molecule has 0 radical (unpaired) electrons. The fourth-order valence-electron chi connectivity index (χ4n) is 14.3. The van der Waals surface area contributed by atoms with E-state index in [-0.39, 0.29) is 6.71 Å². The first kappa shape index (κ1) is 35.3. The first-order valence-electron chi connectivity index (χ1n) is 24.3. The molecule has 0 saturated carbocycles. The molecule has 14 aromatic carbocycles. The summed E-state index contributed by atoms with van der Waals surface area (Å²) in [7, 11) is 0. The second kappa shape index (κ2) is 12.2. The molecule has 0 unspecified atom stereocenters. The Kier molecular flexibility index (Phi) is 6.22. The van der Waals surface area contributed by atoms with Gasteiger partial charge in [0.05, 0.1) is 16.6 Å². The number of nitrogens with zero attached hydrogens (tertiary/aromatic N) is 2. The molecule has 0 saturated heterocycles. The standard InChI is InChI=1S/C66H35BN2/c1-4-21-42-36(15-1)39-18-7-10-24-45(39)58-48(42)31-33-54-61(58)50-27-13-28-52-65(50)68(54)56-29-14-30-57-64(56)67(52)53-35-51-44-23-6-3-17-38(44)41-20-9-12-26-47(41)60(51)63-62-55(69(57)66(53)63)34-32-49-43-22-5-2-16-37(43)40-19-8-11-25-46(40)59(49)62/h1-35H. The molecule has 2 aliphatic heterocycles. The lowest BCUT2D eigenvalue weighted by atomic mass is 9.34. The molecular weight excluding hydrogens is 832 g/mol. The van der Waals surface area contributed by atoms with Crippen molar-refractivity contribution in [2.24, 2.45) is 0 Å². The van der Waals surface area contributed by atoms with Crippen molar-refractivity contribution in [3.8, 4) is 11.4 Å². The van der Waals surface area contributed by atoms with Gasteiger partial charge in [-0.2, -0.15) is 0 Å². The van der Waals surface area contributed by atoms with Crippen LogP contribution in [0, 0.1) is 0 Å². The van der Waals surface area contributed by atoms with Crippen LogP contribution in [-0.2, 0) is 0 Å². The van der Waals surface area contributed by atoms with Gasteiger partial charge in [0.15, 0.2) is 0 Å². The fraction of sp³-hybridized carbons (Fsp3) is 0. The molecule has 4 heterocycles. The van der Waals surface area contributed by atoms with Gasteiger partial charge in [-0.15, -0.1) is 0 Å². The van der Waals surface area contributed by atoms with Crippen molar-refractivity contribution in [3.05, 3.63) is 212 Å². The van der Waals surface area contributed by atoms with E-state index in [1.54, 1.807) is 0 Å². The molecule has 2 aliphatic rings. The normalized spacial score (nSPS) is 13.2. The molecule has 0 amide bonds. The van der Waals surface area contributed by atoms with Crippen molar-refractivity contribution in [1.29, 1.82) is 0 Å². The Morgan fingerprint density at radius 1 is 0.232 bits per heavy atom. The largest absolute Gasteiger partial charge is 0.310 e. The van der Waals surface area contributed by atoms with Gasteiger partial charge in [-0.05, 0) is 121 Å². The van der Waals surface area contributed by atoms with Gasteiger partial charge in [0.25, 0.3) is 6.71 Å². The van der Waals surface area contributed by atoms with Gasteiger partial charge in [0.2, 0.25) is 0 Å². The highest BCUT2D eigenvalue weighted by Crippen LogP contribution is 2.50. The molecule has 0 bridgehead atoms. The fourth-order valence-corrected chi connectivity index (χ4v) is 14.3. The highest BCUT2D eigenvalue weighted by atomic mass is 15.0. The zero-order valence-electron chi connectivity index (χ0n) is 37.2. The van der Waals surface area contributed by atoms with Gasteiger partial charge in [0.1, 0.15) is 0 Å². The Balaban J connectivity index is 1.10. The van der Waals surface area contributed by atoms with Crippen LogP contribution in [0.3, 0.4) is 0 Å². The summed E-state index contributed by atoms with van der Waals surface area (Å²) in [6, 6.07) is 81.1. The van der Waals surface area contributed by atoms with Crippen molar-refractivity contribution in [2.75, 3.05) is 0 Å². The number of hydrogen-bond acceptors (Lipinski definition) is 0. The number of benzene rings is 14. The third-order valence-electron chi connectivity index (χ3n) is 16.8. The van der Waals surface area contributed by atoms with Gasteiger partial charge >= 0.3 is 0 Å². The SMILES string of the molecule is c1cc2c3c(c1)-n1c4ccc5c6ccccc6c6ccccc6c5c4c4c5c6ccccc6c6ccccc6c5cc(c41)B3c1cccc3c4c5c6ccccc6c6ccccc6c5ccc4n-2c13. The lowest BCUT2D eigenvalue weighted by molar-refractivity contribution is 1.14. The molecule has 16 aromatic rings. The molecule has 2 nitrogen and oxygen atoms in total. The van der Waals surface area contributed by atoms with E-state index in [2.05, 4.69) is 221 Å². The molecule has 0 spiro atoms.